The Labute approximate surface area is 188 Å². The lowest BCUT2D eigenvalue weighted by molar-refractivity contribution is -0.125. The van der Waals surface area contributed by atoms with Gasteiger partial charge >= 0.3 is 0 Å². The quantitative estimate of drug-likeness (QED) is 0.624. The number of benzene rings is 1. The number of amides is 1. The number of carbonyl (C=O) groups is 1. The number of nitrogens with zero attached hydrogens (tertiary/aromatic N) is 3. The van der Waals surface area contributed by atoms with Gasteiger partial charge in [0, 0.05) is 21.4 Å². The molecule has 2 N–H and O–H groups in total. The lowest BCUT2D eigenvalue weighted by Crippen LogP contribution is -2.38. The molecule has 3 heterocycles. The van der Waals surface area contributed by atoms with Crippen molar-refractivity contribution in [1.29, 1.82) is 0 Å². The molecule has 5 rings (SSSR count). The molecule has 9 heteroatoms. The Balaban J connectivity index is 1.59. The number of alkyl halides is 1. The molecular formula is C22H23ClFN5OS. The van der Waals surface area contributed by atoms with Crippen LogP contribution in [0.25, 0.3) is 5.00 Å². The fraction of sp³-hybridized carbons (Fsp3) is 0.409. The summed E-state index contributed by atoms with van der Waals surface area (Å²) in [6.07, 6.45) is 1.29. The summed E-state index contributed by atoms with van der Waals surface area (Å²) in [5.74, 6) is 1.43. The zero-order chi connectivity index (χ0) is 21.7. The maximum atomic E-state index is 12.9. The van der Waals surface area contributed by atoms with E-state index >= 15 is 0 Å². The first kappa shape index (κ1) is 20.6. The zero-order valence-electron chi connectivity index (χ0n) is 17.3. The number of hydrogen-bond acceptors (Lipinski definition) is 5. The van der Waals surface area contributed by atoms with Gasteiger partial charge in [-0.2, -0.15) is 0 Å². The maximum absolute atomic E-state index is 12.9. The van der Waals surface area contributed by atoms with Crippen molar-refractivity contribution in [2.75, 3.05) is 6.67 Å². The van der Waals surface area contributed by atoms with Crippen LogP contribution in [0.4, 0.5) is 4.39 Å². The topological polar surface area (TPSA) is 71.8 Å². The molecule has 31 heavy (non-hydrogen) atoms. The minimum atomic E-state index is -0.566. The number of halogens is 2. The Morgan fingerprint density at radius 3 is 2.97 bits per heavy atom. The molecule has 1 aromatic carbocycles. The van der Waals surface area contributed by atoms with Gasteiger partial charge in [-0.25, -0.2) is 4.39 Å². The SMILES string of the molecule is Cc1nnc2n1-c1sc3c(c1[C@H](c1ccccc1Cl)NC2)C[C@H](C(=O)NC(C)CF)C3. The molecule has 1 amide bonds. The van der Waals surface area contributed by atoms with Crippen LogP contribution >= 0.6 is 22.9 Å². The van der Waals surface area contributed by atoms with Crippen LogP contribution in [0.2, 0.25) is 5.02 Å². The lowest BCUT2D eigenvalue weighted by Gasteiger charge is -2.21. The summed E-state index contributed by atoms with van der Waals surface area (Å²) in [7, 11) is 0. The van der Waals surface area contributed by atoms with Gasteiger partial charge in [0.2, 0.25) is 5.91 Å². The monoisotopic (exact) mass is 459 g/mol. The van der Waals surface area contributed by atoms with E-state index in [0.717, 1.165) is 27.8 Å². The molecule has 1 unspecified atom stereocenters. The first-order valence-corrected chi connectivity index (χ1v) is 11.6. The predicted molar refractivity (Wildman–Crippen MR) is 119 cm³/mol. The van der Waals surface area contributed by atoms with E-state index in [9.17, 15) is 9.18 Å². The molecule has 3 aromatic rings. The first-order chi connectivity index (χ1) is 15.0. The average Bonchev–Trinajstić information content (AvgIpc) is 3.39. The van der Waals surface area contributed by atoms with Crippen LogP contribution in [0.5, 0.6) is 0 Å². The number of aromatic nitrogens is 3. The van der Waals surface area contributed by atoms with E-state index in [4.69, 9.17) is 11.6 Å². The molecule has 0 saturated carbocycles. The molecule has 162 valence electrons. The highest BCUT2D eigenvalue weighted by atomic mass is 35.5. The average molecular weight is 460 g/mol. The second kappa shape index (κ2) is 8.00. The highest BCUT2D eigenvalue weighted by molar-refractivity contribution is 7.15. The highest BCUT2D eigenvalue weighted by Gasteiger charge is 2.38. The number of rotatable bonds is 4. The Morgan fingerprint density at radius 1 is 1.39 bits per heavy atom. The molecule has 6 nitrogen and oxygen atoms in total. The summed E-state index contributed by atoms with van der Waals surface area (Å²) in [6.45, 7) is 3.63. The van der Waals surface area contributed by atoms with E-state index in [1.807, 2.05) is 31.2 Å². The summed E-state index contributed by atoms with van der Waals surface area (Å²) in [6, 6.07) is 7.26. The number of hydrogen-bond donors (Lipinski definition) is 2. The van der Waals surface area contributed by atoms with E-state index in [-0.39, 0.29) is 17.9 Å². The first-order valence-electron chi connectivity index (χ1n) is 10.4. The Morgan fingerprint density at radius 2 is 2.19 bits per heavy atom. The summed E-state index contributed by atoms with van der Waals surface area (Å²) in [4.78, 5) is 13.9. The number of aryl methyl sites for hydroxylation is 1. The van der Waals surface area contributed by atoms with Crippen molar-refractivity contribution in [2.45, 2.75) is 45.3 Å². The van der Waals surface area contributed by atoms with Crippen LogP contribution in [0, 0.1) is 12.8 Å². The normalized spacial score (nSPS) is 20.5. The van der Waals surface area contributed by atoms with Crippen molar-refractivity contribution in [3.05, 3.63) is 62.5 Å². The number of nitrogens with one attached hydrogen (secondary N) is 2. The molecule has 0 radical (unpaired) electrons. The third-order valence-electron chi connectivity index (χ3n) is 6.05. The van der Waals surface area contributed by atoms with Crippen LogP contribution in [-0.2, 0) is 24.2 Å². The Bertz CT molecular complexity index is 1160. The molecule has 0 fully saturated rings. The van der Waals surface area contributed by atoms with Crippen molar-refractivity contribution in [1.82, 2.24) is 25.4 Å². The van der Waals surface area contributed by atoms with Gasteiger partial charge in [0.1, 0.15) is 17.5 Å². The summed E-state index contributed by atoms with van der Waals surface area (Å²) < 4.78 is 15.0. The van der Waals surface area contributed by atoms with E-state index in [0.29, 0.717) is 24.4 Å². The van der Waals surface area contributed by atoms with Gasteiger partial charge in [-0.05, 0) is 43.9 Å². The van der Waals surface area contributed by atoms with Gasteiger partial charge in [0.15, 0.2) is 5.82 Å². The van der Waals surface area contributed by atoms with Gasteiger partial charge < -0.3 is 5.32 Å². The van der Waals surface area contributed by atoms with Crippen LogP contribution < -0.4 is 10.6 Å². The van der Waals surface area contributed by atoms with Crippen molar-refractivity contribution < 1.29 is 9.18 Å². The second-order valence-corrected chi connectivity index (χ2v) is 9.72. The lowest BCUT2D eigenvalue weighted by atomic mass is 9.94. The van der Waals surface area contributed by atoms with Crippen molar-refractivity contribution in [3.63, 3.8) is 0 Å². The summed E-state index contributed by atoms with van der Waals surface area (Å²) in [5.41, 5.74) is 3.33. The predicted octanol–water partition coefficient (Wildman–Crippen LogP) is 3.67. The van der Waals surface area contributed by atoms with Crippen molar-refractivity contribution >= 4 is 28.8 Å². The third-order valence-corrected chi connectivity index (χ3v) is 7.65. The van der Waals surface area contributed by atoms with Crippen LogP contribution in [0.3, 0.4) is 0 Å². The van der Waals surface area contributed by atoms with Crippen molar-refractivity contribution in [2.24, 2.45) is 5.92 Å². The summed E-state index contributed by atoms with van der Waals surface area (Å²) >= 11 is 8.29. The standard InChI is InChI=1S/C22H23ClFN5OS/c1-11(9-24)26-21(30)13-7-15-17(8-13)31-22-19(15)20(14-5-3-4-6-16(14)23)25-10-18-28-27-12(2)29(18)22/h3-6,11,13,20,25H,7-10H2,1-2H3,(H,26,30)/t11?,13-,20-/m0/s1. The van der Waals surface area contributed by atoms with E-state index in [1.165, 1.54) is 10.4 Å². The van der Waals surface area contributed by atoms with Crippen LogP contribution in [0.1, 0.15) is 46.2 Å². The Hall–Kier alpha value is -2.29. The third kappa shape index (κ3) is 3.46. The Kier molecular flexibility index (Phi) is 5.32. The molecule has 0 bridgehead atoms. The van der Waals surface area contributed by atoms with Gasteiger partial charge in [-0.15, -0.1) is 21.5 Å². The van der Waals surface area contributed by atoms with Gasteiger partial charge in [-0.1, -0.05) is 29.8 Å². The maximum Gasteiger partial charge on any atom is 0.224 e. The molecule has 0 spiro atoms. The number of thiophene rings is 1. The van der Waals surface area contributed by atoms with Gasteiger partial charge in [0.05, 0.1) is 18.6 Å². The van der Waals surface area contributed by atoms with E-state index in [1.54, 1.807) is 18.3 Å². The number of carbonyl (C=O) groups excluding carboxylic acids is 1. The molecule has 1 aliphatic heterocycles. The number of fused-ring (bicyclic) bond motifs is 5. The smallest absolute Gasteiger partial charge is 0.224 e. The van der Waals surface area contributed by atoms with Gasteiger partial charge in [0.25, 0.3) is 0 Å². The zero-order valence-corrected chi connectivity index (χ0v) is 18.9. The molecule has 0 saturated heterocycles. The van der Waals surface area contributed by atoms with Crippen LogP contribution in [0.15, 0.2) is 24.3 Å². The molecular weight excluding hydrogens is 437 g/mol. The van der Waals surface area contributed by atoms with Gasteiger partial charge in [-0.3, -0.25) is 14.7 Å². The molecule has 1 aliphatic carbocycles. The minimum absolute atomic E-state index is 0.0839. The molecule has 2 aromatic heterocycles. The van der Waals surface area contributed by atoms with E-state index < -0.39 is 12.7 Å². The molecule has 3 atom stereocenters. The van der Waals surface area contributed by atoms with Crippen LogP contribution in [-0.4, -0.2) is 33.4 Å². The largest absolute Gasteiger partial charge is 0.351 e. The highest BCUT2D eigenvalue weighted by Crippen LogP contribution is 2.46. The van der Waals surface area contributed by atoms with E-state index in [2.05, 4.69) is 25.4 Å². The molecule has 2 aliphatic rings. The summed E-state index contributed by atoms with van der Waals surface area (Å²) in [5, 5.41) is 16.8. The minimum Gasteiger partial charge on any atom is -0.351 e. The fourth-order valence-electron chi connectivity index (χ4n) is 4.55. The second-order valence-electron chi connectivity index (χ2n) is 8.23. The van der Waals surface area contributed by atoms with Crippen molar-refractivity contribution in [3.8, 4) is 5.00 Å². The fourth-order valence-corrected chi connectivity index (χ4v) is 6.31.